The summed E-state index contributed by atoms with van der Waals surface area (Å²) < 4.78 is 64.8. The molecule has 2 unspecified atom stereocenters. The van der Waals surface area contributed by atoms with Crippen molar-refractivity contribution in [3.8, 4) is 5.75 Å². The number of carbonyl (C=O) groups excluding carboxylic acids is 1. The fraction of sp³-hybridized carbons (Fsp3) is 0.632. The van der Waals surface area contributed by atoms with Gasteiger partial charge in [-0.2, -0.15) is 13.2 Å². The van der Waals surface area contributed by atoms with E-state index in [1.54, 1.807) is 31.2 Å². The van der Waals surface area contributed by atoms with Crippen LogP contribution in [0.15, 0.2) is 24.3 Å². The Balaban J connectivity index is 1.87. The number of amides is 1. The summed E-state index contributed by atoms with van der Waals surface area (Å²) in [6.07, 6.45) is -8.67. The van der Waals surface area contributed by atoms with Crippen molar-refractivity contribution in [3.63, 3.8) is 0 Å². The Morgan fingerprint density at radius 1 is 1.28 bits per heavy atom. The average molecular weight is 421 g/mol. The molecule has 1 aromatic carbocycles. The van der Waals surface area contributed by atoms with Gasteiger partial charge in [-0.05, 0) is 38.1 Å². The molecule has 0 saturated carbocycles. The fourth-order valence-corrected chi connectivity index (χ4v) is 2.83. The van der Waals surface area contributed by atoms with Crippen LogP contribution in [0.5, 0.6) is 5.75 Å². The molecule has 0 spiro atoms. The third-order valence-electron chi connectivity index (χ3n) is 4.15. The second-order valence-electron chi connectivity index (χ2n) is 6.39. The molecule has 10 heteroatoms. The lowest BCUT2D eigenvalue weighted by Crippen LogP contribution is -2.36. The molecular weight excluding hydrogens is 395 g/mol. The van der Waals surface area contributed by atoms with E-state index in [1.165, 1.54) is 18.9 Å². The van der Waals surface area contributed by atoms with Gasteiger partial charge < -0.3 is 23.7 Å². The van der Waals surface area contributed by atoms with Crippen molar-refractivity contribution >= 4 is 11.8 Å². The summed E-state index contributed by atoms with van der Waals surface area (Å²) in [5, 5.41) is 0. The van der Waals surface area contributed by atoms with Crippen LogP contribution in [-0.2, 0) is 18.9 Å². The van der Waals surface area contributed by atoms with E-state index in [0.717, 1.165) is 0 Å². The molecular formula is C19H26F3NO6. The van der Waals surface area contributed by atoms with Gasteiger partial charge in [0.2, 0.25) is 0 Å². The SMILES string of the molecule is CCOC(C)OC(CCOc1ccc(N2C[C@H](COC)OC2=O)cc1)C(F)(F)F. The molecule has 1 heterocycles. The van der Waals surface area contributed by atoms with Gasteiger partial charge in [0.15, 0.2) is 12.4 Å². The minimum absolute atomic E-state index is 0.190. The van der Waals surface area contributed by atoms with Crippen molar-refractivity contribution in [1.82, 2.24) is 0 Å². The molecule has 0 N–H and O–H groups in total. The van der Waals surface area contributed by atoms with Crippen LogP contribution in [0.1, 0.15) is 20.3 Å². The van der Waals surface area contributed by atoms with Crippen LogP contribution < -0.4 is 9.64 Å². The fourth-order valence-electron chi connectivity index (χ4n) is 2.83. The van der Waals surface area contributed by atoms with Gasteiger partial charge in [0.05, 0.1) is 19.8 Å². The van der Waals surface area contributed by atoms with Crippen molar-refractivity contribution in [2.45, 2.75) is 44.9 Å². The standard InChI is InChI=1S/C19H26F3NO6/c1-4-26-13(2)28-17(19(20,21)22)9-10-27-15-7-5-14(6-8-15)23-11-16(12-25-3)29-18(23)24/h5-8,13,16-17H,4,9-12H2,1-3H3/t13?,16-,17?/m1/s1. The summed E-state index contributed by atoms with van der Waals surface area (Å²) >= 11 is 0. The number of nitrogens with zero attached hydrogens (tertiary/aromatic N) is 1. The number of alkyl halides is 3. The third kappa shape index (κ3) is 7.06. The van der Waals surface area contributed by atoms with Gasteiger partial charge in [-0.25, -0.2) is 4.79 Å². The largest absolute Gasteiger partial charge is 0.493 e. The lowest BCUT2D eigenvalue weighted by molar-refractivity contribution is -0.269. The quantitative estimate of drug-likeness (QED) is 0.507. The van der Waals surface area contributed by atoms with Crippen LogP contribution in [0.4, 0.5) is 23.7 Å². The number of benzene rings is 1. The Bertz CT molecular complexity index is 640. The van der Waals surface area contributed by atoms with E-state index in [1.807, 2.05) is 0 Å². The molecule has 0 radical (unpaired) electrons. The molecule has 164 valence electrons. The predicted molar refractivity (Wildman–Crippen MR) is 98.1 cm³/mol. The maximum Gasteiger partial charge on any atom is 0.414 e. The van der Waals surface area contributed by atoms with Crippen molar-refractivity contribution in [2.24, 2.45) is 0 Å². The van der Waals surface area contributed by atoms with Gasteiger partial charge in [-0.15, -0.1) is 0 Å². The number of anilines is 1. The van der Waals surface area contributed by atoms with Crippen LogP contribution in [0.2, 0.25) is 0 Å². The number of methoxy groups -OCH3 is 1. The van der Waals surface area contributed by atoms with E-state index in [9.17, 15) is 18.0 Å². The van der Waals surface area contributed by atoms with Crippen LogP contribution in [0.3, 0.4) is 0 Å². The average Bonchev–Trinajstić information content (AvgIpc) is 3.01. The van der Waals surface area contributed by atoms with Gasteiger partial charge in [-0.1, -0.05) is 0 Å². The van der Waals surface area contributed by atoms with Crippen LogP contribution in [0.25, 0.3) is 0 Å². The van der Waals surface area contributed by atoms with E-state index in [0.29, 0.717) is 24.6 Å². The second-order valence-corrected chi connectivity index (χ2v) is 6.39. The first-order valence-corrected chi connectivity index (χ1v) is 9.28. The van der Waals surface area contributed by atoms with Crippen molar-refractivity contribution < 1.29 is 41.7 Å². The molecule has 0 bridgehead atoms. The van der Waals surface area contributed by atoms with Gasteiger partial charge in [0.25, 0.3) is 0 Å². The van der Waals surface area contributed by atoms with Gasteiger partial charge in [0, 0.05) is 25.8 Å². The number of cyclic esters (lactones) is 1. The molecule has 1 aliphatic rings. The highest BCUT2D eigenvalue weighted by Crippen LogP contribution is 2.28. The molecule has 7 nitrogen and oxygen atoms in total. The Morgan fingerprint density at radius 2 is 1.97 bits per heavy atom. The molecule has 1 amide bonds. The van der Waals surface area contributed by atoms with Crippen molar-refractivity contribution in [2.75, 3.05) is 38.4 Å². The first-order valence-electron chi connectivity index (χ1n) is 9.28. The number of hydrogen-bond donors (Lipinski definition) is 0. The lowest BCUT2D eigenvalue weighted by atomic mass is 10.2. The lowest BCUT2D eigenvalue weighted by Gasteiger charge is -2.24. The molecule has 1 fully saturated rings. The number of halogens is 3. The van der Waals surface area contributed by atoms with Gasteiger partial charge in [-0.3, -0.25) is 4.90 Å². The van der Waals surface area contributed by atoms with Crippen molar-refractivity contribution in [1.29, 1.82) is 0 Å². The molecule has 0 aliphatic carbocycles. The second kappa shape index (κ2) is 10.7. The van der Waals surface area contributed by atoms with Crippen molar-refractivity contribution in [3.05, 3.63) is 24.3 Å². The Hall–Kier alpha value is -2.04. The minimum Gasteiger partial charge on any atom is -0.493 e. The van der Waals surface area contributed by atoms with E-state index in [2.05, 4.69) is 0 Å². The van der Waals surface area contributed by atoms with Crippen LogP contribution >= 0.6 is 0 Å². The third-order valence-corrected chi connectivity index (χ3v) is 4.15. The zero-order valence-corrected chi connectivity index (χ0v) is 16.6. The van der Waals surface area contributed by atoms with E-state index in [-0.39, 0.29) is 25.7 Å². The number of carbonyl (C=O) groups is 1. The first kappa shape index (κ1) is 23.2. The van der Waals surface area contributed by atoms with E-state index < -0.39 is 24.7 Å². The molecule has 0 aromatic heterocycles. The highest BCUT2D eigenvalue weighted by Gasteiger charge is 2.41. The highest BCUT2D eigenvalue weighted by atomic mass is 19.4. The molecule has 29 heavy (non-hydrogen) atoms. The summed E-state index contributed by atoms with van der Waals surface area (Å²) in [4.78, 5) is 13.4. The summed E-state index contributed by atoms with van der Waals surface area (Å²) in [7, 11) is 1.52. The molecule has 2 rings (SSSR count). The smallest absolute Gasteiger partial charge is 0.414 e. The van der Waals surface area contributed by atoms with Crippen LogP contribution in [-0.4, -0.2) is 64.2 Å². The topological polar surface area (TPSA) is 66.5 Å². The summed E-state index contributed by atoms with van der Waals surface area (Å²) in [6.45, 7) is 3.82. The minimum atomic E-state index is -4.52. The summed E-state index contributed by atoms with van der Waals surface area (Å²) in [6, 6.07) is 6.44. The highest BCUT2D eigenvalue weighted by molar-refractivity contribution is 5.89. The van der Waals surface area contributed by atoms with E-state index >= 15 is 0 Å². The predicted octanol–water partition coefficient (Wildman–Crippen LogP) is 3.76. The Labute approximate surface area is 167 Å². The number of rotatable bonds is 11. The summed E-state index contributed by atoms with van der Waals surface area (Å²) in [5.74, 6) is 0.383. The normalized spacial score (nSPS) is 19.2. The van der Waals surface area contributed by atoms with Gasteiger partial charge >= 0.3 is 12.3 Å². The first-order chi connectivity index (χ1) is 13.7. The van der Waals surface area contributed by atoms with Gasteiger partial charge in [0.1, 0.15) is 11.9 Å². The zero-order chi connectivity index (χ0) is 21.4. The maximum absolute atomic E-state index is 13.1. The number of ether oxygens (including phenoxy) is 5. The molecule has 3 atom stereocenters. The Morgan fingerprint density at radius 3 is 2.55 bits per heavy atom. The summed E-state index contributed by atoms with van der Waals surface area (Å²) in [5.41, 5.74) is 0.600. The molecule has 1 saturated heterocycles. The zero-order valence-electron chi connectivity index (χ0n) is 16.6. The molecule has 1 aliphatic heterocycles. The Kier molecular flexibility index (Phi) is 8.54. The maximum atomic E-state index is 13.1. The van der Waals surface area contributed by atoms with Crippen LogP contribution in [0, 0.1) is 0 Å². The molecule has 1 aromatic rings. The monoisotopic (exact) mass is 421 g/mol. The number of hydrogen-bond acceptors (Lipinski definition) is 6. The van der Waals surface area contributed by atoms with E-state index in [4.69, 9.17) is 23.7 Å².